The van der Waals surface area contributed by atoms with Crippen molar-refractivity contribution in [3.05, 3.63) is 90.0 Å². The van der Waals surface area contributed by atoms with Gasteiger partial charge in [-0.2, -0.15) is 0 Å². The summed E-state index contributed by atoms with van der Waals surface area (Å²) in [6, 6.07) is 18.2. The summed E-state index contributed by atoms with van der Waals surface area (Å²) >= 11 is 0. The highest BCUT2D eigenvalue weighted by molar-refractivity contribution is 6.09. The SMILES string of the molecule is CCOc1ccc(C(=O)NC(=NCc2ccccn2)Nc2cccc(F)c2)cc1. The van der Waals surface area contributed by atoms with Crippen LogP contribution in [0.15, 0.2) is 77.9 Å². The summed E-state index contributed by atoms with van der Waals surface area (Å²) in [5, 5.41) is 5.68. The Morgan fingerprint density at radius 2 is 1.93 bits per heavy atom. The number of nitrogens with zero attached hydrogens (tertiary/aromatic N) is 2. The van der Waals surface area contributed by atoms with Gasteiger partial charge in [-0.05, 0) is 61.5 Å². The number of benzene rings is 2. The van der Waals surface area contributed by atoms with Crippen LogP contribution in [0.1, 0.15) is 23.0 Å². The Labute approximate surface area is 168 Å². The molecule has 0 atom stereocenters. The molecule has 148 valence electrons. The summed E-state index contributed by atoms with van der Waals surface area (Å²) in [5.41, 5.74) is 1.65. The number of hydrogen-bond donors (Lipinski definition) is 2. The average Bonchev–Trinajstić information content (AvgIpc) is 2.73. The van der Waals surface area contributed by atoms with Crippen LogP contribution in [0, 0.1) is 5.82 Å². The normalized spacial score (nSPS) is 11.0. The maximum Gasteiger partial charge on any atom is 0.257 e. The number of guanidine groups is 1. The lowest BCUT2D eigenvalue weighted by Gasteiger charge is -2.12. The van der Waals surface area contributed by atoms with Gasteiger partial charge in [-0.3, -0.25) is 15.1 Å². The van der Waals surface area contributed by atoms with E-state index in [4.69, 9.17) is 4.74 Å². The fraction of sp³-hybridized carbons (Fsp3) is 0.136. The molecule has 1 heterocycles. The predicted octanol–water partition coefficient (Wildman–Crippen LogP) is 4.02. The van der Waals surface area contributed by atoms with E-state index in [0.29, 0.717) is 23.6 Å². The van der Waals surface area contributed by atoms with E-state index in [0.717, 1.165) is 5.69 Å². The monoisotopic (exact) mass is 392 g/mol. The Bertz CT molecular complexity index is 976. The van der Waals surface area contributed by atoms with E-state index in [2.05, 4.69) is 20.6 Å². The number of rotatable bonds is 6. The number of aromatic nitrogens is 1. The lowest BCUT2D eigenvalue weighted by molar-refractivity contribution is 0.0977. The van der Waals surface area contributed by atoms with Crippen molar-refractivity contribution in [1.82, 2.24) is 10.3 Å². The van der Waals surface area contributed by atoms with Crippen molar-refractivity contribution >= 4 is 17.6 Å². The molecule has 0 saturated carbocycles. The van der Waals surface area contributed by atoms with Crippen LogP contribution in [0.25, 0.3) is 0 Å². The molecule has 2 N–H and O–H groups in total. The second kappa shape index (κ2) is 9.98. The number of nitrogens with one attached hydrogen (secondary N) is 2. The minimum atomic E-state index is -0.392. The summed E-state index contributed by atoms with van der Waals surface area (Å²) in [5.74, 6) is 0.139. The van der Waals surface area contributed by atoms with Crippen molar-refractivity contribution in [2.24, 2.45) is 4.99 Å². The Morgan fingerprint density at radius 1 is 1.10 bits per heavy atom. The lowest BCUT2D eigenvalue weighted by atomic mass is 10.2. The van der Waals surface area contributed by atoms with E-state index in [1.54, 1.807) is 42.6 Å². The highest BCUT2D eigenvalue weighted by Crippen LogP contribution is 2.13. The van der Waals surface area contributed by atoms with E-state index in [1.807, 2.05) is 25.1 Å². The predicted molar refractivity (Wildman–Crippen MR) is 110 cm³/mol. The minimum absolute atomic E-state index is 0.195. The standard InChI is InChI=1S/C22H21FN4O2/c1-2-29-20-11-9-16(10-12-20)21(28)27-22(25-15-19-7-3-4-13-24-19)26-18-8-5-6-17(23)14-18/h3-14H,2,15H2,1H3,(H2,25,26,27,28). The molecule has 1 amide bonds. The molecule has 1 aromatic heterocycles. The van der Waals surface area contributed by atoms with Gasteiger partial charge >= 0.3 is 0 Å². The number of pyridine rings is 1. The third-order valence-electron chi connectivity index (χ3n) is 3.87. The molecule has 0 aliphatic rings. The molecule has 2 aromatic carbocycles. The first-order chi connectivity index (χ1) is 14.1. The van der Waals surface area contributed by atoms with E-state index in [-0.39, 0.29) is 18.4 Å². The topological polar surface area (TPSA) is 75.6 Å². The minimum Gasteiger partial charge on any atom is -0.494 e. The van der Waals surface area contributed by atoms with E-state index < -0.39 is 5.82 Å². The molecular formula is C22H21FN4O2. The number of hydrogen-bond acceptors (Lipinski definition) is 4. The molecule has 0 fully saturated rings. The van der Waals surface area contributed by atoms with Crippen molar-refractivity contribution in [3.63, 3.8) is 0 Å². The van der Waals surface area contributed by atoms with Gasteiger partial charge in [0.2, 0.25) is 5.96 Å². The number of ether oxygens (including phenoxy) is 1. The quantitative estimate of drug-likeness (QED) is 0.491. The van der Waals surface area contributed by atoms with Crippen LogP contribution < -0.4 is 15.4 Å². The molecule has 3 aromatic rings. The van der Waals surface area contributed by atoms with Gasteiger partial charge in [-0.1, -0.05) is 12.1 Å². The first-order valence-corrected chi connectivity index (χ1v) is 9.15. The molecule has 0 radical (unpaired) electrons. The van der Waals surface area contributed by atoms with E-state index >= 15 is 0 Å². The van der Waals surface area contributed by atoms with Gasteiger partial charge in [0.15, 0.2) is 0 Å². The number of aliphatic imine (C=N–C) groups is 1. The van der Waals surface area contributed by atoms with Crippen LogP contribution >= 0.6 is 0 Å². The van der Waals surface area contributed by atoms with Crippen molar-refractivity contribution in [2.75, 3.05) is 11.9 Å². The molecule has 0 unspecified atom stereocenters. The van der Waals surface area contributed by atoms with Crippen molar-refractivity contribution in [3.8, 4) is 5.75 Å². The van der Waals surface area contributed by atoms with Gasteiger partial charge in [-0.15, -0.1) is 0 Å². The second-order valence-electron chi connectivity index (χ2n) is 6.03. The smallest absolute Gasteiger partial charge is 0.257 e. The highest BCUT2D eigenvalue weighted by atomic mass is 19.1. The van der Waals surface area contributed by atoms with Gasteiger partial charge in [-0.25, -0.2) is 9.38 Å². The average molecular weight is 392 g/mol. The van der Waals surface area contributed by atoms with Gasteiger partial charge in [0.1, 0.15) is 11.6 Å². The zero-order valence-corrected chi connectivity index (χ0v) is 15.9. The van der Waals surface area contributed by atoms with Crippen LogP contribution in [-0.4, -0.2) is 23.5 Å². The van der Waals surface area contributed by atoms with Gasteiger partial charge in [0.25, 0.3) is 5.91 Å². The summed E-state index contributed by atoms with van der Waals surface area (Å²) in [7, 11) is 0. The summed E-state index contributed by atoms with van der Waals surface area (Å²) in [4.78, 5) is 21.2. The number of anilines is 1. The van der Waals surface area contributed by atoms with Crippen LogP contribution in [-0.2, 0) is 6.54 Å². The molecule has 6 nitrogen and oxygen atoms in total. The molecule has 0 aliphatic heterocycles. The van der Waals surface area contributed by atoms with Crippen molar-refractivity contribution < 1.29 is 13.9 Å². The Kier molecular flexibility index (Phi) is 6.89. The number of amides is 1. The number of carbonyl (C=O) groups excluding carboxylic acids is 1. The third-order valence-corrected chi connectivity index (χ3v) is 3.87. The molecule has 3 rings (SSSR count). The summed E-state index contributed by atoms with van der Waals surface area (Å²) in [6.45, 7) is 2.69. The molecule has 0 aliphatic carbocycles. The Balaban J connectivity index is 1.77. The van der Waals surface area contributed by atoms with Crippen LogP contribution in [0.2, 0.25) is 0 Å². The zero-order chi connectivity index (χ0) is 20.5. The number of carbonyl (C=O) groups is 1. The van der Waals surface area contributed by atoms with E-state index in [1.165, 1.54) is 12.1 Å². The fourth-order valence-corrected chi connectivity index (χ4v) is 2.51. The number of halogens is 1. The lowest BCUT2D eigenvalue weighted by Crippen LogP contribution is -2.36. The third kappa shape index (κ3) is 6.14. The van der Waals surface area contributed by atoms with Crippen molar-refractivity contribution in [1.29, 1.82) is 0 Å². The molecule has 7 heteroatoms. The van der Waals surface area contributed by atoms with Gasteiger partial charge in [0, 0.05) is 17.4 Å². The van der Waals surface area contributed by atoms with Gasteiger partial charge < -0.3 is 10.1 Å². The summed E-state index contributed by atoms with van der Waals surface area (Å²) < 4.78 is 18.9. The maximum atomic E-state index is 13.5. The molecular weight excluding hydrogens is 371 g/mol. The maximum absolute atomic E-state index is 13.5. The largest absolute Gasteiger partial charge is 0.494 e. The van der Waals surface area contributed by atoms with Crippen LogP contribution in [0.4, 0.5) is 10.1 Å². The van der Waals surface area contributed by atoms with Crippen LogP contribution in [0.3, 0.4) is 0 Å². The summed E-state index contributed by atoms with van der Waals surface area (Å²) in [6.07, 6.45) is 1.67. The first kappa shape index (κ1) is 20.0. The second-order valence-corrected chi connectivity index (χ2v) is 6.03. The molecule has 0 saturated heterocycles. The van der Waals surface area contributed by atoms with Crippen molar-refractivity contribution in [2.45, 2.75) is 13.5 Å². The molecule has 29 heavy (non-hydrogen) atoms. The molecule has 0 spiro atoms. The Hall–Kier alpha value is -3.74. The zero-order valence-electron chi connectivity index (χ0n) is 15.9. The van der Waals surface area contributed by atoms with Crippen LogP contribution in [0.5, 0.6) is 5.75 Å². The fourth-order valence-electron chi connectivity index (χ4n) is 2.51. The molecule has 0 bridgehead atoms. The first-order valence-electron chi connectivity index (χ1n) is 9.15. The van der Waals surface area contributed by atoms with E-state index in [9.17, 15) is 9.18 Å². The highest BCUT2D eigenvalue weighted by Gasteiger charge is 2.10. The Morgan fingerprint density at radius 3 is 2.62 bits per heavy atom. The van der Waals surface area contributed by atoms with Gasteiger partial charge in [0.05, 0.1) is 18.8 Å².